The first-order chi connectivity index (χ1) is 21.4. The van der Waals surface area contributed by atoms with Crippen LogP contribution >= 0.6 is 0 Å². The van der Waals surface area contributed by atoms with Gasteiger partial charge in [0.1, 0.15) is 35.9 Å². The number of cyclic esters (lactones) is 1. The van der Waals surface area contributed by atoms with E-state index in [1.54, 1.807) is 20.3 Å². The molecule has 4 aliphatic heterocycles. The van der Waals surface area contributed by atoms with Crippen molar-refractivity contribution in [3.8, 4) is 0 Å². The van der Waals surface area contributed by atoms with E-state index in [4.69, 9.17) is 28.1 Å². The van der Waals surface area contributed by atoms with Crippen LogP contribution in [0.1, 0.15) is 71.9 Å². The number of aromatic nitrogens is 1. The molecule has 1 aromatic rings. The fourth-order valence-corrected chi connectivity index (χ4v) is 6.64. The maximum Gasteiger partial charge on any atom is 0.338 e. The maximum atomic E-state index is 13.4. The van der Waals surface area contributed by atoms with Crippen molar-refractivity contribution in [3.63, 3.8) is 0 Å². The molecule has 246 valence electrons. The molecule has 5 heterocycles. The molecule has 1 aromatic heterocycles. The topological polar surface area (TPSA) is 133 Å². The van der Waals surface area contributed by atoms with E-state index in [0.29, 0.717) is 25.2 Å². The molecule has 10 heteroatoms. The second kappa shape index (κ2) is 13.7. The lowest BCUT2D eigenvalue weighted by Gasteiger charge is -2.33. The zero-order valence-corrected chi connectivity index (χ0v) is 27.3. The summed E-state index contributed by atoms with van der Waals surface area (Å²) in [6, 6.07) is 0. The van der Waals surface area contributed by atoms with Gasteiger partial charge in [0.25, 0.3) is 0 Å². The van der Waals surface area contributed by atoms with Gasteiger partial charge in [0.05, 0.1) is 18.3 Å². The lowest BCUT2D eigenvalue weighted by Crippen LogP contribution is -2.42. The summed E-state index contributed by atoms with van der Waals surface area (Å²) in [5.41, 5.74) is 1.86. The summed E-state index contributed by atoms with van der Waals surface area (Å²) >= 11 is 0. The van der Waals surface area contributed by atoms with Gasteiger partial charge in [-0.3, -0.25) is 4.79 Å². The summed E-state index contributed by atoms with van der Waals surface area (Å²) in [4.78, 5) is 30.1. The van der Waals surface area contributed by atoms with E-state index in [2.05, 4.69) is 4.98 Å². The van der Waals surface area contributed by atoms with Crippen molar-refractivity contribution in [2.45, 2.75) is 116 Å². The van der Waals surface area contributed by atoms with Crippen LogP contribution in [0.4, 0.5) is 0 Å². The molecule has 3 fully saturated rings. The van der Waals surface area contributed by atoms with Gasteiger partial charge in [0.2, 0.25) is 0 Å². The number of nitrogens with zero attached hydrogens (tertiary/aromatic N) is 1. The van der Waals surface area contributed by atoms with Crippen molar-refractivity contribution < 1.29 is 42.8 Å². The summed E-state index contributed by atoms with van der Waals surface area (Å²) in [6.07, 6.45) is 11.7. The first-order valence-electron chi connectivity index (χ1n) is 16.0. The van der Waals surface area contributed by atoms with E-state index in [1.807, 2.05) is 71.1 Å². The molecular formula is C35H47NO9. The number of hydrogen-bond acceptors (Lipinski definition) is 10. The number of aryl methyl sites for hydroxylation is 1. The average molecular weight is 626 g/mol. The van der Waals surface area contributed by atoms with E-state index < -0.39 is 36.0 Å². The summed E-state index contributed by atoms with van der Waals surface area (Å²) in [6.45, 7) is 11.6. The lowest BCUT2D eigenvalue weighted by atomic mass is 9.84. The molecule has 0 aliphatic carbocycles. The number of carbonyl (C=O) groups is 2. The smallest absolute Gasteiger partial charge is 0.338 e. The van der Waals surface area contributed by atoms with Gasteiger partial charge in [-0.2, -0.15) is 0 Å². The van der Waals surface area contributed by atoms with Crippen LogP contribution in [0.3, 0.4) is 0 Å². The Hall–Kier alpha value is -3.05. The standard InChI is InChI=1S/C35H47NO9/c1-19(13-25-18-41-23(5)36-25)9-8-10-21(3)32(40-7)22(4)27-17-29(37)35(6)30(45-35)12-11-20(2)26-14-24(16-31(38)42-26)15-28-33(43-28)34(39)44-27/h8-13,18,20,22,24,26-30,32-33,37H,14-17H2,1-7H3/b9-8+,12-11-,19-13+,21-10+/t20-,22+,24+,26-,27+,28+,29+,30-,32+,33-,35-/m1/s1. The zero-order chi connectivity index (χ0) is 32.5. The molecule has 0 amide bonds. The van der Waals surface area contributed by atoms with Crippen LogP contribution in [0.25, 0.3) is 6.08 Å². The number of hydrogen-bond donors (Lipinski definition) is 1. The molecule has 0 radical (unpaired) electrons. The highest BCUT2D eigenvalue weighted by molar-refractivity contribution is 5.78. The molecule has 0 unspecified atom stereocenters. The third-order valence-electron chi connectivity index (χ3n) is 9.63. The number of aliphatic hydroxyl groups is 1. The number of carbonyl (C=O) groups excluding carboxylic acids is 2. The average Bonchev–Trinajstić information content (AvgIpc) is 3.86. The number of fused-ring (bicyclic) bond motifs is 4. The van der Waals surface area contributed by atoms with Gasteiger partial charge in [-0.15, -0.1) is 0 Å². The van der Waals surface area contributed by atoms with Crippen molar-refractivity contribution in [2.75, 3.05) is 7.11 Å². The van der Waals surface area contributed by atoms with Crippen LogP contribution in [0.15, 0.2) is 52.2 Å². The fourth-order valence-electron chi connectivity index (χ4n) is 6.64. The second-order valence-electron chi connectivity index (χ2n) is 13.3. The van der Waals surface area contributed by atoms with Gasteiger partial charge in [0.15, 0.2) is 12.0 Å². The van der Waals surface area contributed by atoms with E-state index in [0.717, 1.165) is 16.8 Å². The van der Waals surface area contributed by atoms with Crippen molar-refractivity contribution >= 4 is 18.0 Å². The Morgan fingerprint density at radius 2 is 1.91 bits per heavy atom. The Morgan fingerprint density at radius 3 is 2.62 bits per heavy atom. The van der Waals surface area contributed by atoms with Crippen molar-refractivity contribution in [3.05, 3.63) is 59.4 Å². The number of methoxy groups -OCH3 is 1. The van der Waals surface area contributed by atoms with Gasteiger partial charge < -0.3 is 33.2 Å². The number of esters is 2. The third-order valence-corrected chi connectivity index (χ3v) is 9.63. The van der Waals surface area contributed by atoms with E-state index in [1.165, 1.54) is 0 Å². The molecule has 1 N–H and O–H groups in total. The molecule has 2 bridgehead atoms. The summed E-state index contributed by atoms with van der Waals surface area (Å²) in [5, 5.41) is 11.4. The summed E-state index contributed by atoms with van der Waals surface area (Å²) in [5.74, 6) is -0.316. The highest BCUT2D eigenvalue weighted by Crippen LogP contribution is 2.44. The van der Waals surface area contributed by atoms with Crippen molar-refractivity contribution in [1.29, 1.82) is 0 Å². The minimum atomic E-state index is -0.905. The molecular weight excluding hydrogens is 578 g/mol. The second-order valence-corrected chi connectivity index (χ2v) is 13.3. The van der Waals surface area contributed by atoms with E-state index in [-0.39, 0.29) is 48.5 Å². The highest BCUT2D eigenvalue weighted by atomic mass is 16.6. The Kier molecular flexibility index (Phi) is 10.2. The Bertz CT molecular complexity index is 1360. The molecule has 5 rings (SSSR count). The Labute approximate surface area is 265 Å². The highest BCUT2D eigenvalue weighted by Gasteiger charge is 2.57. The number of oxazole rings is 1. The van der Waals surface area contributed by atoms with Gasteiger partial charge in [0, 0.05) is 38.7 Å². The molecule has 0 spiro atoms. The monoisotopic (exact) mass is 625 g/mol. The fraction of sp³-hybridized carbons (Fsp3) is 0.629. The Morgan fingerprint density at radius 1 is 1.16 bits per heavy atom. The predicted molar refractivity (Wildman–Crippen MR) is 166 cm³/mol. The van der Waals surface area contributed by atoms with Gasteiger partial charge in [-0.05, 0) is 56.8 Å². The van der Waals surface area contributed by atoms with Gasteiger partial charge in [-0.25, -0.2) is 9.78 Å². The molecule has 0 saturated carbocycles. The normalized spacial score (nSPS) is 38.0. The molecule has 10 nitrogen and oxygen atoms in total. The third kappa shape index (κ3) is 8.03. The molecule has 11 atom stereocenters. The van der Waals surface area contributed by atoms with E-state index >= 15 is 0 Å². The first kappa shape index (κ1) is 33.3. The van der Waals surface area contributed by atoms with Crippen LogP contribution in [0.2, 0.25) is 0 Å². The largest absolute Gasteiger partial charge is 0.462 e. The molecule has 4 aliphatic rings. The molecule has 3 saturated heterocycles. The van der Waals surface area contributed by atoms with Crippen LogP contribution in [0.5, 0.6) is 0 Å². The first-order valence-corrected chi connectivity index (χ1v) is 16.0. The van der Waals surface area contributed by atoms with Crippen LogP contribution in [-0.2, 0) is 33.3 Å². The SMILES string of the molecule is CO[C@@H](/C(C)=C/C=C/C(C)=C/c1coc(C)n1)[C@@H](C)[C@@H]1C[C@H](O)[C@@]2(C)O[C@@H]2/C=C\[C@@H](C)[C@H]2C[C@H](CC(=O)O2)C[C@@H]2O[C@H]2C(=O)O1. The van der Waals surface area contributed by atoms with Crippen LogP contribution in [-0.4, -0.2) is 77.5 Å². The van der Waals surface area contributed by atoms with Gasteiger partial charge in [-0.1, -0.05) is 44.2 Å². The summed E-state index contributed by atoms with van der Waals surface area (Å²) < 4.78 is 34.7. The van der Waals surface area contributed by atoms with Crippen molar-refractivity contribution in [1.82, 2.24) is 4.98 Å². The molecule has 0 aromatic carbocycles. The number of rotatable bonds is 7. The quantitative estimate of drug-likeness (QED) is 0.190. The number of ether oxygens (including phenoxy) is 5. The maximum absolute atomic E-state index is 13.4. The molecule has 45 heavy (non-hydrogen) atoms. The number of aliphatic hydroxyl groups excluding tert-OH is 1. The van der Waals surface area contributed by atoms with Crippen LogP contribution in [0, 0.1) is 24.7 Å². The lowest BCUT2D eigenvalue weighted by molar-refractivity contribution is -0.159. The minimum Gasteiger partial charge on any atom is -0.462 e. The minimum absolute atomic E-state index is 0.0130. The van der Waals surface area contributed by atoms with Gasteiger partial charge >= 0.3 is 11.9 Å². The predicted octanol–water partition coefficient (Wildman–Crippen LogP) is 5.05. The summed E-state index contributed by atoms with van der Waals surface area (Å²) in [7, 11) is 1.63. The van der Waals surface area contributed by atoms with Crippen LogP contribution < -0.4 is 0 Å². The van der Waals surface area contributed by atoms with E-state index in [9.17, 15) is 14.7 Å². The van der Waals surface area contributed by atoms with Crippen molar-refractivity contribution in [2.24, 2.45) is 17.8 Å². The Balaban J connectivity index is 1.33. The number of epoxide rings is 2. The number of allylic oxidation sites excluding steroid dienone is 4. The zero-order valence-electron chi connectivity index (χ0n) is 27.3.